The number of carbonyl (C=O) groups excluding carboxylic acids is 1. The van der Waals surface area contributed by atoms with Gasteiger partial charge in [0, 0.05) is 19.3 Å². The molecule has 92 valence electrons. The Bertz CT molecular complexity index is 384. The van der Waals surface area contributed by atoms with Crippen LogP contribution in [-0.4, -0.2) is 25.2 Å². The van der Waals surface area contributed by atoms with Crippen LogP contribution in [0.15, 0.2) is 24.3 Å². The first-order valence-corrected chi connectivity index (χ1v) is 6.17. The van der Waals surface area contributed by atoms with Crippen molar-refractivity contribution in [2.45, 2.75) is 32.2 Å². The first kappa shape index (κ1) is 12.1. The molecule has 0 unspecified atom stereocenters. The van der Waals surface area contributed by atoms with E-state index in [4.69, 9.17) is 4.74 Å². The van der Waals surface area contributed by atoms with E-state index in [0.717, 1.165) is 31.6 Å². The quantitative estimate of drug-likeness (QED) is 0.865. The number of amides is 1. The van der Waals surface area contributed by atoms with Crippen LogP contribution in [0.4, 0.5) is 0 Å². The van der Waals surface area contributed by atoms with Gasteiger partial charge in [0.25, 0.3) is 0 Å². The van der Waals surface area contributed by atoms with Gasteiger partial charge in [-0.15, -0.1) is 0 Å². The average molecular weight is 233 g/mol. The third-order valence-corrected chi connectivity index (χ3v) is 3.03. The zero-order valence-corrected chi connectivity index (χ0v) is 10.2. The maximum atomic E-state index is 11.8. The van der Waals surface area contributed by atoms with E-state index in [9.17, 15) is 4.79 Å². The van der Waals surface area contributed by atoms with Crippen molar-refractivity contribution in [3.8, 4) is 0 Å². The molecule has 1 N–H and O–H groups in total. The lowest BCUT2D eigenvalue weighted by Crippen LogP contribution is -2.39. The molecule has 1 heterocycles. The van der Waals surface area contributed by atoms with Crippen LogP contribution < -0.4 is 5.32 Å². The van der Waals surface area contributed by atoms with Gasteiger partial charge in [0.15, 0.2) is 0 Å². The van der Waals surface area contributed by atoms with Crippen molar-refractivity contribution in [1.29, 1.82) is 0 Å². The van der Waals surface area contributed by atoms with E-state index >= 15 is 0 Å². The molecule has 17 heavy (non-hydrogen) atoms. The largest absolute Gasteiger partial charge is 0.381 e. The number of benzene rings is 1. The predicted molar refractivity (Wildman–Crippen MR) is 66.9 cm³/mol. The van der Waals surface area contributed by atoms with Gasteiger partial charge >= 0.3 is 0 Å². The molecule has 0 saturated carbocycles. The summed E-state index contributed by atoms with van der Waals surface area (Å²) in [4.78, 5) is 11.8. The van der Waals surface area contributed by atoms with Crippen LogP contribution in [0.5, 0.6) is 0 Å². The summed E-state index contributed by atoms with van der Waals surface area (Å²) in [6.45, 7) is 3.56. The normalized spacial score (nSPS) is 16.8. The van der Waals surface area contributed by atoms with Gasteiger partial charge in [-0.3, -0.25) is 4.79 Å². The smallest absolute Gasteiger partial charge is 0.224 e. The molecule has 0 aromatic heterocycles. The Morgan fingerprint density at radius 2 is 2.18 bits per heavy atom. The van der Waals surface area contributed by atoms with E-state index in [1.165, 1.54) is 5.56 Å². The number of rotatable bonds is 3. The molecule has 1 fully saturated rings. The Kier molecular flexibility index (Phi) is 4.15. The highest BCUT2D eigenvalue weighted by molar-refractivity contribution is 5.78. The van der Waals surface area contributed by atoms with E-state index in [1.807, 2.05) is 25.1 Å². The summed E-state index contributed by atoms with van der Waals surface area (Å²) in [6, 6.07) is 8.38. The highest BCUT2D eigenvalue weighted by atomic mass is 16.5. The minimum absolute atomic E-state index is 0.113. The number of carbonyl (C=O) groups is 1. The maximum Gasteiger partial charge on any atom is 0.224 e. The standard InChI is InChI=1S/C14H19NO2/c1-11-3-2-4-12(9-11)10-14(16)15-13-5-7-17-8-6-13/h2-4,9,13H,5-8,10H2,1H3,(H,15,16). The molecule has 1 aliphatic rings. The lowest BCUT2D eigenvalue weighted by Gasteiger charge is -2.23. The SMILES string of the molecule is Cc1cccc(CC(=O)NC2CCOCC2)c1. The Morgan fingerprint density at radius 1 is 1.41 bits per heavy atom. The van der Waals surface area contributed by atoms with E-state index in [2.05, 4.69) is 11.4 Å². The summed E-state index contributed by atoms with van der Waals surface area (Å²) in [5.74, 6) is 0.113. The van der Waals surface area contributed by atoms with E-state index < -0.39 is 0 Å². The fourth-order valence-corrected chi connectivity index (χ4v) is 2.13. The van der Waals surface area contributed by atoms with Gasteiger partial charge in [0.2, 0.25) is 5.91 Å². The van der Waals surface area contributed by atoms with Crippen LogP contribution >= 0.6 is 0 Å². The van der Waals surface area contributed by atoms with Crippen LogP contribution in [0, 0.1) is 6.92 Å². The van der Waals surface area contributed by atoms with Gasteiger partial charge in [-0.1, -0.05) is 29.8 Å². The number of aryl methyl sites for hydroxylation is 1. The molecular weight excluding hydrogens is 214 g/mol. The Morgan fingerprint density at radius 3 is 2.88 bits per heavy atom. The monoisotopic (exact) mass is 233 g/mol. The van der Waals surface area contributed by atoms with Gasteiger partial charge in [0.1, 0.15) is 0 Å². The second kappa shape index (κ2) is 5.82. The fraction of sp³-hybridized carbons (Fsp3) is 0.500. The van der Waals surface area contributed by atoms with E-state index in [0.29, 0.717) is 12.5 Å². The Labute approximate surface area is 102 Å². The first-order chi connectivity index (χ1) is 8.24. The third kappa shape index (κ3) is 3.86. The minimum atomic E-state index is 0.113. The number of nitrogens with one attached hydrogen (secondary N) is 1. The molecule has 3 heteroatoms. The molecule has 0 aliphatic carbocycles. The van der Waals surface area contributed by atoms with Crippen LogP contribution in [0.1, 0.15) is 24.0 Å². The molecule has 0 spiro atoms. The summed E-state index contributed by atoms with van der Waals surface area (Å²) in [6.07, 6.45) is 2.33. The second-order valence-corrected chi connectivity index (χ2v) is 4.62. The van der Waals surface area contributed by atoms with E-state index in [1.54, 1.807) is 0 Å². The average Bonchev–Trinajstić information content (AvgIpc) is 2.30. The van der Waals surface area contributed by atoms with E-state index in [-0.39, 0.29) is 5.91 Å². The minimum Gasteiger partial charge on any atom is -0.381 e. The molecule has 1 aliphatic heterocycles. The molecule has 1 aromatic rings. The van der Waals surface area contributed by atoms with Crippen LogP contribution in [0.3, 0.4) is 0 Å². The van der Waals surface area contributed by atoms with Crippen molar-refractivity contribution >= 4 is 5.91 Å². The summed E-state index contributed by atoms with van der Waals surface area (Å²) >= 11 is 0. The third-order valence-electron chi connectivity index (χ3n) is 3.03. The molecule has 3 nitrogen and oxygen atoms in total. The van der Waals surface area contributed by atoms with Gasteiger partial charge < -0.3 is 10.1 Å². The zero-order valence-electron chi connectivity index (χ0n) is 10.2. The fourth-order valence-electron chi connectivity index (χ4n) is 2.13. The van der Waals surface area contributed by atoms with Crippen molar-refractivity contribution in [3.63, 3.8) is 0 Å². The van der Waals surface area contributed by atoms with Crippen molar-refractivity contribution in [1.82, 2.24) is 5.32 Å². The Hall–Kier alpha value is -1.35. The topological polar surface area (TPSA) is 38.3 Å². The molecular formula is C14H19NO2. The van der Waals surface area contributed by atoms with Gasteiger partial charge in [-0.25, -0.2) is 0 Å². The molecule has 2 rings (SSSR count). The zero-order chi connectivity index (χ0) is 12.1. The highest BCUT2D eigenvalue weighted by Gasteiger charge is 2.15. The summed E-state index contributed by atoms with van der Waals surface area (Å²) < 4.78 is 5.26. The van der Waals surface area contributed by atoms with Gasteiger partial charge in [-0.2, -0.15) is 0 Å². The lowest BCUT2D eigenvalue weighted by molar-refractivity contribution is -0.121. The summed E-state index contributed by atoms with van der Waals surface area (Å²) in [7, 11) is 0. The predicted octanol–water partition coefficient (Wildman–Crippen LogP) is 1.83. The molecule has 0 bridgehead atoms. The number of ether oxygens (including phenoxy) is 1. The van der Waals surface area contributed by atoms with Gasteiger partial charge in [0.05, 0.1) is 6.42 Å². The van der Waals surface area contributed by atoms with Crippen molar-refractivity contribution in [2.75, 3.05) is 13.2 Å². The Balaban J connectivity index is 1.84. The van der Waals surface area contributed by atoms with Crippen LogP contribution in [0.25, 0.3) is 0 Å². The first-order valence-electron chi connectivity index (χ1n) is 6.17. The maximum absolute atomic E-state index is 11.8. The van der Waals surface area contributed by atoms with Crippen molar-refractivity contribution in [2.24, 2.45) is 0 Å². The second-order valence-electron chi connectivity index (χ2n) is 4.62. The number of hydrogen-bond donors (Lipinski definition) is 1. The molecule has 1 saturated heterocycles. The van der Waals surface area contributed by atoms with Crippen molar-refractivity contribution in [3.05, 3.63) is 35.4 Å². The molecule has 1 amide bonds. The van der Waals surface area contributed by atoms with Crippen molar-refractivity contribution < 1.29 is 9.53 Å². The molecule has 1 aromatic carbocycles. The van der Waals surface area contributed by atoms with Gasteiger partial charge in [-0.05, 0) is 25.3 Å². The molecule has 0 radical (unpaired) electrons. The highest BCUT2D eigenvalue weighted by Crippen LogP contribution is 2.08. The molecule has 0 atom stereocenters. The van der Waals surface area contributed by atoms with Crippen LogP contribution in [0.2, 0.25) is 0 Å². The summed E-state index contributed by atoms with van der Waals surface area (Å²) in [5, 5.41) is 3.07. The van der Waals surface area contributed by atoms with Crippen LogP contribution in [-0.2, 0) is 16.0 Å². The lowest BCUT2D eigenvalue weighted by atomic mass is 10.1. The summed E-state index contributed by atoms with van der Waals surface area (Å²) in [5.41, 5.74) is 2.27. The number of hydrogen-bond acceptors (Lipinski definition) is 2.